The molecule has 0 aliphatic carbocycles. The fourth-order valence-electron chi connectivity index (χ4n) is 2.86. The maximum Gasteiger partial charge on any atom is 0.516 e. The van der Waals surface area contributed by atoms with Crippen molar-refractivity contribution in [2.75, 3.05) is 6.61 Å². The van der Waals surface area contributed by atoms with Crippen LogP contribution in [-0.4, -0.2) is 33.7 Å². The third-order valence-electron chi connectivity index (χ3n) is 4.20. The number of carbonyl (C=O) groups is 2. The van der Waals surface area contributed by atoms with E-state index in [1.807, 2.05) is 30.3 Å². The summed E-state index contributed by atoms with van der Waals surface area (Å²) in [7, 11) is 0. The van der Waals surface area contributed by atoms with Gasteiger partial charge in [-0.1, -0.05) is 30.3 Å². The highest BCUT2D eigenvalue weighted by molar-refractivity contribution is 6.07. The van der Waals surface area contributed by atoms with E-state index in [0.29, 0.717) is 22.0 Å². The number of esters is 1. The van der Waals surface area contributed by atoms with Crippen LogP contribution in [0.15, 0.2) is 54.7 Å². The van der Waals surface area contributed by atoms with Crippen LogP contribution in [0.1, 0.15) is 22.8 Å². The molecule has 8 heteroatoms. The van der Waals surface area contributed by atoms with Crippen molar-refractivity contribution in [3.63, 3.8) is 0 Å². The molecule has 0 saturated carbocycles. The highest BCUT2D eigenvalue weighted by Gasteiger charge is 2.15. The Morgan fingerprint density at radius 1 is 1.03 bits per heavy atom. The summed E-state index contributed by atoms with van der Waals surface area (Å²) in [5, 5.41) is 0.685. The van der Waals surface area contributed by atoms with Gasteiger partial charge >= 0.3 is 18.1 Å². The van der Waals surface area contributed by atoms with Gasteiger partial charge in [-0.3, -0.25) is 0 Å². The quantitative estimate of drug-likeness (QED) is 0.513. The van der Waals surface area contributed by atoms with Gasteiger partial charge in [0.25, 0.3) is 0 Å². The zero-order valence-corrected chi connectivity index (χ0v) is 15.5. The molecule has 0 spiro atoms. The summed E-state index contributed by atoms with van der Waals surface area (Å²) >= 11 is 0. The van der Waals surface area contributed by atoms with E-state index in [2.05, 4.69) is 15.0 Å². The number of rotatable bonds is 5. The Bertz CT molecular complexity index is 1190. The molecule has 4 rings (SSSR count). The molecule has 2 aromatic carbocycles. The van der Waals surface area contributed by atoms with Crippen molar-refractivity contribution in [3.8, 4) is 6.01 Å². The molecular weight excluding hydrogens is 374 g/mol. The SMILES string of the molecule is CCOC(=O)Oc1ncc2[nH]c3ccc(C(=O)OCc4ccccc4)cc3c2n1. The van der Waals surface area contributed by atoms with E-state index in [9.17, 15) is 9.59 Å². The van der Waals surface area contributed by atoms with E-state index in [0.717, 1.165) is 11.1 Å². The Balaban J connectivity index is 1.60. The first kappa shape index (κ1) is 18.4. The Morgan fingerprint density at radius 2 is 1.86 bits per heavy atom. The zero-order chi connectivity index (χ0) is 20.2. The van der Waals surface area contributed by atoms with Gasteiger partial charge in [-0.2, -0.15) is 4.98 Å². The van der Waals surface area contributed by atoms with E-state index in [1.54, 1.807) is 25.1 Å². The fourth-order valence-corrected chi connectivity index (χ4v) is 2.86. The Hall–Kier alpha value is -3.94. The van der Waals surface area contributed by atoms with Gasteiger partial charge in [0.2, 0.25) is 0 Å². The van der Waals surface area contributed by atoms with Crippen LogP contribution >= 0.6 is 0 Å². The second kappa shape index (κ2) is 7.97. The topological polar surface area (TPSA) is 103 Å². The predicted molar refractivity (Wildman–Crippen MR) is 105 cm³/mol. The van der Waals surface area contributed by atoms with Crippen LogP contribution in [0.4, 0.5) is 4.79 Å². The lowest BCUT2D eigenvalue weighted by Gasteiger charge is -2.05. The maximum absolute atomic E-state index is 12.5. The zero-order valence-electron chi connectivity index (χ0n) is 15.5. The second-order valence-corrected chi connectivity index (χ2v) is 6.15. The van der Waals surface area contributed by atoms with E-state index in [-0.39, 0.29) is 19.2 Å². The molecular formula is C21H17N3O5. The number of nitrogens with one attached hydrogen (secondary N) is 1. The number of aromatic nitrogens is 3. The highest BCUT2D eigenvalue weighted by atomic mass is 16.7. The summed E-state index contributed by atoms with van der Waals surface area (Å²) < 4.78 is 15.1. The van der Waals surface area contributed by atoms with Gasteiger partial charge in [0.05, 0.1) is 23.9 Å². The summed E-state index contributed by atoms with van der Waals surface area (Å²) in [6.07, 6.45) is 0.626. The summed E-state index contributed by atoms with van der Waals surface area (Å²) in [6.45, 7) is 2.04. The molecule has 2 aromatic heterocycles. The third-order valence-corrected chi connectivity index (χ3v) is 4.20. The molecule has 0 fully saturated rings. The van der Waals surface area contributed by atoms with Gasteiger partial charge < -0.3 is 19.2 Å². The lowest BCUT2D eigenvalue weighted by atomic mass is 10.1. The summed E-state index contributed by atoms with van der Waals surface area (Å²) in [5.74, 6) is -0.442. The van der Waals surface area contributed by atoms with Crippen molar-refractivity contribution in [1.29, 1.82) is 0 Å². The lowest BCUT2D eigenvalue weighted by Crippen LogP contribution is -2.11. The predicted octanol–water partition coefficient (Wildman–Crippen LogP) is 4.00. The van der Waals surface area contributed by atoms with Gasteiger partial charge in [-0.05, 0) is 30.7 Å². The number of H-pyrrole nitrogens is 1. The molecule has 0 radical (unpaired) electrons. The number of hydrogen-bond acceptors (Lipinski definition) is 7. The fraction of sp³-hybridized carbons (Fsp3) is 0.143. The van der Waals surface area contributed by atoms with E-state index < -0.39 is 12.1 Å². The van der Waals surface area contributed by atoms with Crippen molar-refractivity contribution >= 4 is 34.1 Å². The highest BCUT2D eigenvalue weighted by Crippen LogP contribution is 2.26. The summed E-state index contributed by atoms with van der Waals surface area (Å²) in [5.41, 5.74) is 3.23. The Kier molecular flexibility index (Phi) is 5.07. The minimum atomic E-state index is -0.878. The van der Waals surface area contributed by atoms with Gasteiger partial charge in [0.1, 0.15) is 12.1 Å². The van der Waals surface area contributed by atoms with Crippen LogP contribution in [0.5, 0.6) is 6.01 Å². The minimum absolute atomic E-state index is 0.131. The first-order valence-corrected chi connectivity index (χ1v) is 8.98. The molecule has 0 unspecified atom stereocenters. The molecule has 0 aliphatic heterocycles. The van der Waals surface area contributed by atoms with Crippen LogP contribution in [0.25, 0.3) is 21.9 Å². The van der Waals surface area contributed by atoms with E-state index in [1.165, 1.54) is 6.20 Å². The number of nitrogens with zero attached hydrogens (tertiary/aromatic N) is 2. The molecule has 0 atom stereocenters. The number of benzene rings is 2. The Morgan fingerprint density at radius 3 is 2.66 bits per heavy atom. The number of ether oxygens (including phenoxy) is 3. The first-order chi connectivity index (χ1) is 14.1. The molecule has 146 valence electrons. The van der Waals surface area contributed by atoms with Crippen LogP contribution in [0, 0.1) is 0 Å². The van der Waals surface area contributed by atoms with Crippen molar-refractivity contribution in [3.05, 3.63) is 65.9 Å². The van der Waals surface area contributed by atoms with Crippen LogP contribution in [0.3, 0.4) is 0 Å². The van der Waals surface area contributed by atoms with E-state index in [4.69, 9.17) is 14.2 Å². The molecule has 0 bridgehead atoms. The Labute approximate surface area is 165 Å². The molecule has 0 aliphatic rings. The molecule has 0 saturated heterocycles. The van der Waals surface area contributed by atoms with Gasteiger partial charge in [-0.25, -0.2) is 14.6 Å². The largest absolute Gasteiger partial charge is 0.516 e. The van der Waals surface area contributed by atoms with Crippen molar-refractivity contribution < 1.29 is 23.8 Å². The monoisotopic (exact) mass is 391 g/mol. The molecule has 29 heavy (non-hydrogen) atoms. The third kappa shape index (κ3) is 4.01. The number of hydrogen-bond donors (Lipinski definition) is 1. The van der Waals surface area contributed by atoms with Gasteiger partial charge in [0, 0.05) is 10.9 Å². The van der Waals surface area contributed by atoms with Crippen LogP contribution in [0.2, 0.25) is 0 Å². The first-order valence-electron chi connectivity index (χ1n) is 8.98. The minimum Gasteiger partial charge on any atom is -0.457 e. The van der Waals surface area contributed by atoms with Crippen molar-refractivity contribution in [2.45, 2.75) is 13.5 Å². The summed E-state index contributed by atoms with van der Waals surface area (Å²) in [4.78, 5) is 35.4. The van der Waals surface area contributed by atoms with Crippen LogP contribution < -0.4 is 4.74 Å². The number of carbonyl (C=O) groups excluding carboxylic acids is 2. The lowest BCUT2D eigenvalue weighted by molar-refractivity contribution is 0.0472. The van der Waals surface area contributed by atoms with Crippen LogP contribution in [-0.2, 0) is 16.1 Å². The molecule has 4 aromatic rings. The van der Waals surface area contributed by atoms with Gasteiger partial charge in [0.15, 0.2) is 0 Å². The number of aromatic amines is 1. The number of fused-ring (bicyclic) bond motifs is 3. The normalized spacial score (nSPS) is 10.8. The standard InChI is InChI=1S/C21H17N3O5/c1-2-27-21(26)29-20-22-11-17-18(24-20)15-10-14(8-9-16(15)23-17)19(25)28-12-13-6-4-3-5-7-13/h3-11,23H,2,12H2,1H3. The second-order valence-electron chi connectivity index (χ2n) is 6.15. The molecule has 1 N–H and O–H groups in total. The van der Waals surface area contributed by atoms with E-state index >= 15 is 0 Å². The van der Waals surface area contributed by atoms with Gasteiger partial charge in [-0.15, -0.1) is 0 Å². The molecule has 2 heterocycles. The summed E-state index contributed by atoms with van der Waals surface area (Å²) in [6, 6.07) is 14.4. The average Bonchev–Trinajstić information content (AvgIpc) is 3.10. The van der Waals surface area contributed by atoms with Crippen molar-refractivity contribution in [1.82, 2.24) is 15.0 Å². The average molecular weight is 391 g/mol. The van der Waals surface area contributed by atoms with Crippen molar-refractivity contribution in [2.24, 2.45) is 0 Å². The smallest absolute Gasteiger partial charge is 0.457 e. The molecule has 8 nitrogen and oxygen atoms in total. The maximum atomic E-state index is 12.5. The molecule has 0 amide bonds.